The number of rotatable bonds is 3. The SMILES string of the molecule is COC(=O)[C@@H]1COC(=O)N1C1CCN(C(=O)C2CCN(C(C)=O)CC2)CC1. The number of nitrogens with zero attached hydrogens (tertiary/aromatic N) is 3. The first kappa shape index (κ1) is 19.4. The van der Waals surface area contributed by atoms with E-state index < -0.39 is 18.1 Å². The van der Waals surface area contributed by atoms with Gasteiger partial charge in [0.1, 0.15) is 6.61 Å². The van der Waals surface area contributed by atoms with Crippen molar-refractivity contribution in [3.05, 3.63) is 0 Å². The molecule has 3 heterocycles. The largest absolute Gasteiger partial charge is 0.467 e. The molecule has 9 heteroatoms. The van der Waals surface area contributed by atoms with E-state index >= 15 is 0 Å². The van der Waals surface area contributed by atoms with Crippen molar-refractivity contribution in [3.8, 4) is 0 Å². The second-order valence-electron chi connectivity index (χ2n) is 7.36. The average molecular weight is 381 g/mol. The van der Waals surface area contributed by atoms with Gasteiger partial charge in [-0.3, -0.25) is 14.5 Å². The van der Waals surface area contributed by atoms with E-state index in [0.717, 1.165) is 0 Å². The van der Waals surface area contributed by atoms with Gasteiger partial charge in [0.2, 0.25) is 11.8 Å². The normalized spacial score (nSPS) is 24.7. The molecule has 9 nitrogen and oxygen atoms in total. The Morgan fingerprint density at radius 2 is 1.59 bits per heavy atom. The number of hydrogen-bond donors (Lipinski definition) is 0. The van der Waals surface area contributed by atoms with Crippen molar-refractivity contribution in [3.63, 3.8) is 0 Å². The van der Waals surface area contributed by atoms with Crippen LogP contribution in [0.1, 0.15) is 32.6 Å². The number of cyclic esters (lactones) is 1. The molecule has 3 amide bonds. The molecule has 1 atom stereocenters. The quantitative estimate of drug-likeness (QED) is 0.650. The van der Waals surface area contributed by atoms with Gasteiger partial charge in [-0.15, -0.1) is 0 Å². The van der Waals surface area contributed by atoms with Crippen molar-refractivity contribution >= 4 is 23.9 Å². The van der Waals surface area contributed by atoms with Crippen LogP contribution in [0.3, 0.4) is 0 Å². The van der Waals surface area contributed by atoms with Gasteiger partial charge in [-0.1, -0.05) is 0 Å². The smallest absolute Gasteiger partial charge is 0.410 e. The lowest BCUT2D eigenvalue weighted by molar-refractivity contribution is -0.147. The van der Waals surface area contributed by atoms with Crippen LogP contribution in [0.15, 0.2) is 0 Å². The minimum atomic E-state index is -0.703. The summed E-state index contributed by atoms with van der Waals surface area (Å²) in [4.78, 5) is 53.2. The number of piperidine rings is 2. The van der Waals surface area contributed by atoms with Crippen LogP contribution in [0.5, 0.6) is 0 Å². The van der Waals surface area contributed by atoms with Gasteiger partial charge in [-0.2, -0.15) is 0 Å². The predicted octanol–water partition coefficient (Wildman–Crippen LogP) is 0.230. The molecule has 0 N–H and O–H groups in total. The molecule has 27 heavy (non-hydrogen) atoms. The Morgan fingerprint density at radius 1 is 1.00 bits per heavy atom. The fourth-order valence-corrected chi connectivity index (χ4v) is 4.22. The molecular formula is C18H27N3O6. The van der Waals surface area contributed by atoms with Crippen molar-refractivity contribution < 1.29 is 28.7 Å². The van der Waals surface area contributed by atoms with Gasteiger partial charge in [0, 0.05) is 45.1 Å². The van der Waals surface area contributed by atoms with Crippen LogP contribution < -0.4 is 0 Å². The van der Waals surface area contributed by atoms with Crippen LogP contribution in [-0.2, 0) is 23.9 Å². The number of esters is 1. The zero-order valence-electron chi connectivity index (χ0n) is 15.9. The molecule has 0 radical (unpaired) electrons. The van der Waals surface area contributed by atoms with E-state index in [1.54, 1.807) is 11.8 Å². The molecule has 3 rings (SSSR count). The molecule has 0 aromatic rings. The van der Waals surface area contributed by atoms with Crippen LogP contribution in [-0.4, -0.2) is 90.6 Å². The number of methoxy groups -OCH3 is 1. The Labute approximate surface area is 158 Å². The highest BCUT2D eigenvalue weighted by Gasteiger charge is 2.44. The average Bonchev–Trinajstić information content (AvgIpc) is 3.08. The van der Waals surface area contributed by atoms with Crippen LogP contribution in [0.2, 0.25) is 0 Å². The molecule has 3 aliphatic rings. The number of carbonyl (C=O) groups excluding carboxylic acids is 4. The van der Waals surface area contributed by atoms with Crippen molar-refractivity contribution in [2.75, 3.05) is 39.9 Å². The van der Waals surface area contributed by atoms with Gasteiger partial charge in [0.25, 0.3) is 0 Å². The Morgan fingerprint density at radius 3 is 2.15 bits per heavy atom. The van der Waals surface area contributed by atoms with Crippen molar-refractivity contribution in [2.24, 2.45) is 5.92 Å². The van der Waals surface area contributed by atoms with E-state index in [9.17, 15) is 19.2 Å². The summed E-state index contributed by atoms with van der Waals surface area (Å²) in [6.07, 6.45) is 2.12. The first-order chi connectivity index (χ1) is 12.9. The first-order valence-corrected chi connectivity index (χ1v) is 9.49. The number of hydrogen-bond acceptors (Lipinski definition) is 6. The van der Waals surface area contributed by atoms with E-state index in [1.807, 2.05) is 4.90 Å². The number of likely N-dealkylation sites (tertiary alicyclic amines) is 2. The van der Waals surface area contributed by atoms with Crippen molar-refractivity contribution in [1.29, 1.82) is 0 Å². The highest BCUT2D eigenvalue weighted by Crippen LogP contribution is 2.27. The van der Waals surface area contributed by atoms with Crippen LogP contribution in [0, 0.1) is 5.92 Å². The molecule has 0 spiro atoms. The lowest BCUT2D eigenvalue weighted by Crippen LogP contribution is -2.53. The van der Waals surface area contributed by atoms with Gasteiger partial charge < -0.3 is 19.3 Å². The van der Waals surface area contributed by atoms with E-state index in [4.69, 9.17) is 9.47 Å². The maximum absolute atomic E-state index is 12.8. The maximum Gasteiger partial charge on any atom is 0.410 e. The molecule has 3 saturated heterocycles. The van der Waals surface area contributed by atoms with E-state index in [0.29, 0.717) is 51.9 Å². The molecule has 0 unspecified atom stereocenters. The van der Waals surface area contributed by atoms with Crippen molar-refractivity contribution in [2.45, 2.75) is 44.7 Å². The Balaban J connectivity index is 1.53. The third kappa shape index (κ3) is 4.01. The summed E-state index contributed by atoms with van der Waals surface area (Å²) in [5, 5.41) is 0. The van der Waals surface area contributed by atoms with Crippen LogP contribution >= 0.6 is 0 Å². The highest BCUT2D eigenvalue weighted by atomic mass is 16.6. The monoisotopic (exact) mass is 381 g/mol. The van der Waals surface area contributed by atoms with Gasteiger partial charge >= 0.3 is 12.1 Å². The minimum absolute atomic E-state index is 0.0133. The maximum atomic E-state index is 12.8. The first-order valence-electron chi connectivity index (χ1n) is 9.49. The summed E-state index contributed by atoms with van der Waals surface area (Å²) in [6.45, 7) is 3.92. The van der Waals surface area contributed by atoms with Crippen LogP contribution in [0.25, 0.3) is 0 Å². The summed E-state index contributed by atoms with van der Waals surface area (Å²) in [5.74, 6) is -0.335. The fourth-order valence-electron chi connectivity index (χ4n) is 4.22. The molecule has 0 aromatic carbocycles. The number of amides is 3. The number of ether oxygens (including phenoxy) is 2. The van der Waals surface area contributed by atoms with E-state index in [-0.39, 0.29) is 30.4 Å². The van der Waals surface area contributed by atoms with E-state index in [2.05, 4.69) is 0 Å². The lowest BCUT2D eigenvalue weighted by Gasteiger charge is -2.39. The molecule has 150 valence electrons. The molecule has 0 saturated carbocycles. The summed E-state index contributed by atoms with van der Waals surface area (Å²) in [7, 11) is 1.29. The Kier molecular flexibility index (Phi) is 5.86. The molecule has 3 aliphatic heterocycles. The second kappa shape index (κ2) is 8.14. The highest BCUT2D eigenvalue weighted by molar-refractivity contribution is 5.84. The molecule has 0 bridgehead atoms. The van der Waals surface area contributed by atoms with Crippen LogP contribution in [0.4, 0.5) is 4.79 Å². The van der Waals surface area contributed by atoms with Gasteiger partial charge in [-0.05, 0) is 25.7 Å². The topological polar surface area (TPSA) is 96.5 Å². The van der Waals surface area contributed by atoms with Gasteiger partial charge in [-0.25, -0.2) is 9.59 Å². The third-order valence-electron chi connectivity index (χ3n) is 5.84. The molecule has 0 aliphatic carbocycles. The summed E-state index contributed by atoms with van der Waals surface area (Å²) in [6, 6.07) is -0.835. The number of carbonyl (C=O) groups is 4. The fraction of sp³-hybridized carbons (Fsp3) is 0.778. The predicted molar refractivity (Wildman–Crippen MR) is 93.6 cm³/mol. The van der Waals surface area contributed by atoms with Gasteiger partial charge in [0.05, 0.1) is 7.11 Å². The molecule has 0 aromatic heterocycles. The third-order valence-corrected chi connectivity index (χ3v) is 5.84. The zero-order chi connectivity index (χ0) is 19.6. The summed E-state index contributed by atoms with van der Waals surface area (Å²) >= 11 is 0. The zero-order valence-corrected chi connectivity index (χ0v) is 15.9. The Bertz CT molecular complexity index is 608. The Hall–Kier alpha value is -2.32. The van der Waals surface area contributed by atoms with Gasteiger partial charge in [0.15, 0.2) is 6.04 Å². The lowest BCUT2D eigenvalue weighted by atomic mass is 9.93. The van der Waals surface area contributed by atoms with E-state index in [1.165, 1.54) is 12.0 Å². The second-order valence-corrected chi connectivity index (χ2v) is 7.36. The minimum Gasteiger partial charge on any atom is -0.467 e. The van der Waals surface area contributed by atoms with Crippen molar-refractivity contribution in [1.82, 2.24) is 14.7 Å². The summed E-state index contributed by atoms with van der Waals surface area (Å²) in [5.41, 5.74) is 0. The summed E-state index contributed by atoms with van der Waals surface area (Å²) < 4.78 is 9.79. The molecular weight excluding hydrogens is 354 g/mol. The standard InChI is InChI=1S/C18H27N3O6/c1-12(22)19-7-3-13(4-8-19)16(23)20-9-5-14(6-10-20)21-15(17(24)26-2)11-27-18(21)25/h13-15H,3-11H2,1-2H3/t15-/m0/s1. The molecule has 3 fully saturated rings.